The Morgan fingerprint density at radius 3 is 3.00 bits per heavy atom. The van der Waals surface area contributed by atoms with Gasteiger partial charge in [-0.1, -0.05) is 24.7 Å². The zero-order chi connectivity index (χ0) is 10.7. The van der Waals surface area contributed by atoms with Crippen molar-refractivity contribution in [2.24, 2.45) is 0 Å². The van der Waals surface area contributed by atoms with Gasteiger partial charge >= 0.3 is 0 Å². The number of thioether (sulfide) groups is 1. The maximum absolute atomic E-state index is 4.12. The fourth-order valence-electron chi connectivity index (χ4n) is 2.02. The maximum atomic E-state index is 4.12. The standard InChI is InChI=1S/C10H17N3S2/c1-3-14-9-6-4-5-8(9)11-10-13-12-7(2)15-10/h8-9H,3-6H2,1-2H3,(H,11,13)/t8-,9+/m0/s1. The van der Waals surface area contributed by atoms with E-state index < -0.39 is 0 Å². The topological polar surface area (TPSA) is 37.8 Å². The van der Waals surface area contributed by atoms with Gasteiger partial charge in [0, 0.05) is 11.3 Å². The smallest absolute Gasteiger partial charge is 0.205 e. The van der Waals surface area contributed by atoms with Crippen LogP contribution in [0.4, 0.5) is 5.13 Å². The maximum Gasteiger partial charge on any atom is 0.205 e. The summed E-state index contributed by atoms with van der Waals surface area (Å²) in [6.07, 6.45) is 3.96. The minimum Gasteiger partial charge on any atom is -0.356 e. The summed E-state index contributed by atoms with van der Waals surface area (Å²) >= 11 is 3.72. The molecular weight excluding hydrogens is 226 g/mol. The average Bonchev–Trinajstić information content (AvgIpc) is 2.78. The van der Waals surface area contributed by atoms with Crippen molar-refractivity contribution in [3.63, 3.8) is 0 Å². The fourth-order valence-corrected chi connectivity index (χ4v) is 3.87. The third kappa shape index (κ3) is 2.84. The molecule has 15 heavy (non-hydrogen) atoms. The van der Waals surface area contributed by atoms with Crippen LogP contribution in [0.3, 0.4) is 0 Å². The van der Waals surface area contributed by atoms with E-state index in [9.17, 15) is 0 Å². The first-order chi connectivity index (χ1) is 7.29. The van der Waals surface area contributed by atoms with Crippen molar-refractivity contribution in [3.05, 3.63) is 5.01 Å². The number of hydrogen-bond acceptors (Lipinski definition) is 5. The first-order valence-electron chi connectivity index (χ1n) is 5.48. The number of aryl methyl sites for hydroxylation is 1. The zero-order valence-electron chi connectivity index (χ0n) is 9.19. The van der Waals surface area contributed by atoms with Crippen molar-refractivity contribution in [1.29, 1.82) is 0 Å². The summed E-state index contributed by atoms with van der Waals surface area (Å²) in [4.78, 5) is 0. The van der Waals surface area contributed by atoms with Gasteiger partial charge in [-0.3, -0.25) is 0 Å². The molecule has 1 aliphatic carbocycles. The van der Waals surface area contributed by atoms with E-state index in [-0.39, 0.29) is 0 Å². The highest BCUT2D eigenvalue weighted by atomic mass is 32.2. The summed E-state index contributed by atoms with van der Waals surface area (Å²) in [6, 6.07) is 0.599. The van der Waals surface area contributed by atoms with E-state index in [4.69, 9.17) is 0 Å². The van der Waals surface area contributed by atoms with Gasteiger partial charge in [-0.2, -0.15) is 11.8 Å². The molecular formula is C10H17N3S2. The molecule has 0 unspecified atom stereocenters. The molecule has 1 saturated carbocycles. The number of nitrogens with one attached hydrogen (secondary N) is 1. The molecule has 5 heteroatoms. The van der Waals surface area contributed by atoms with E-state index in [2.05, 4.69) is 34.2 Å². The highest BCUT2D eigenvalue weighted by Gasteiger charge is 2.27. The van der Waals surface area contributed by atoms with Crippen LogP contribution >= 0.6 is 23.1 Å². The first-order valence-corrected chi connectivity index (χ1v) is 7.34. The van der Waals surface area contributed by atoms with Crippen LogP contribution < -0.4 is 5.32 Å². The SMILES string of the molecule is CCS[C@@H]1CCC[C@@H]1Nc1nnc(C)s1. The van der Waals surface area contributed by atoms with Crippen molar-refractivity contribution in [1.82, 2.24) is 10.2 Å². The van der Waals surface area contributed by atoms with Gasteiger partial charge in [0.25, 0.3) is 0 Å². The molecule has 2 rings (SSSR count). The molecule has 3 nitrogen and oxygen atoms in total. The van der Waals surface area contributed by atoms with Gasteiger partial charge in [0.15, 0.2) is 0 Å². The van der Waals surface area contributed by atoms with Crippen molar-refractivity contribution >= 4 is 28.2 Å². The van der Waals surface area contributed by atoms with E-state index in [1.165, 1.54) is 25.0 Å². The average molecular weight is 243 g/mol. The Hall–Kier alpha value is -0.290. The highest BCUT2D eigenvalue weighted by molar-refractivity contribution is 7.99. The zero-order valence-corrected chi connectivity index (χ0v) is 10.8. The Morgan fingerprint density at radius 1 is 1.47 bits per heavy atom. The number of nitrogens with zero attached hydrogens (tertiary/aromatic N) is 2. The largest absolute Gasteiger partial charge is 0.356 e. The third-order valence-electron chi connectivity index (χ3n) is 2.67. The fraction of sp³-hybridized carbons (Fsp3) is 0.800. The summed E-state index contributed by atoms with van der Waals surface area (Å²) in [5, 5.41) is 14.5. The molecule has 84 valence electrons. The summed E-state index contributed by atoms with van der Waals surface area (Å²) < 4.78 is 0. The molecule has 0 aliphatic heterocycles. The molecule has 2 atom stereocenters. The molecule has 0 bridgehead atoms. The van der Waals surface area contributed by atoms with Gasteiger partial charge in [-0.05, 0) is 25.5 Å². The van der Waals surface area contributed by atoms with Crippen LogP contribution in [-0.2, 0) is 0 Å². The summed E-state index contributed by atoms with van der Waals surface area (Å²) in [5.74, 6) is 1.21. The van der Waals surface area contributed by atoms with Crippen LogP contribution in [0.5, 0.6) is 0 Å². The minimum absolute atomic E-state index is 0.599. The number of rotatable bonds is 4. The summed E-state index contributed by atoms with van der Waals surface area (Å²) in [7, 11) is 0. The molecule has 0 amide bonds. The van der Waals surface area contributed by atoms with Crippen molar-refractivity contribution in [2.45, 2.75) is 44.4 Å². The Bertz CT molecular complexity index is 313. The second kappa shape index (κ2) is 5.16. The van der Waals surface area contributed by atoms with Crippen LogP contribution in [0.2, 0.25) is 0 Å². The molecule has 1 aromatic rings. The molecule has 1 fully saturated rings. The number of hydrogen-bond donors (Lipinski definition) is 1. The molecule has 1 aliphatic rings. The predicted octanol–water partition coefficient (Wildman–Crippen LogP) is 2.93. The molecule has 0 aromatic carbocycles. The van der Waals surface area contributed by atoms with E-state index in [0.717, 1.165) is 15.4 Å². The van der Waals surface area contributed by atoms with E-state index in [1.807, 2.05) is 6.92 Å². The Kier molecular flexibility index (Phi) is 3.86. The second-order valence-corrected chi connectivity index (χ2v) is 6.50. The number of aromatic nitrogens is 2. The van der Waals surface area contributed by atoms with Crippen molar-refractivity contribution < 1.29 is 0 Å². The van der Waals surface area contributed by atoms with Crippen LogP contribution in [0.25, 0.3) is 0 Å². The molecule has 1 heterocycles. The Morgan fingerprint density at radius 2 is 2.33 bits per heavy atom. The van der Waals surface area contributed by atoms with Crippen molar-refractivity contribution in [3.8, 4) is 0 Å². The molecule has 0 spiro atoms. The van der Waals surface area contributed by atoms with Gasteiger partial charge in [0.05, 0.1) is 0 Å². The summed E-state index contributed by atoms with van der Waals surface area (Å²) in [6.45, 7) is 4.23. The van der Waals surface area contributed by atoms with Gasteiger partial charge in [0.1, 0.15) is 5.01 Å². The summed E-state index contributed by atoms with van der Waals surface area (Å²) in [5.41, 5.74) is 0. The highest BCUT2D eigenvalue weighted by Crippen LogP contribution is 2.32. The molecule has 0 saturated heterocycles. The first kappa shape index (κ1) is 11.2. The number of anilines is 1. The van der Waals surface area contributed by atoms with E-state index in [1.54, 1.807) is 11.3 Å². The lowest BCUT2D eigenvalue weighted by Gasteiger charge is -2.19. The molecule has 1 N–H and O–H groups in total. The van der Waals surface area contributed by atoms with Gasteiger partial charge in [-0.25, -0.2) is 0 Å². The lowest BCUT2D eigenvalue weighted by molar-refractivity contribution is 0.763. The third-order valence-corrected chi connectivity index (χ3v) is 4.76. The van der Waals surface area contributed by atoms with Gasteiger partial charge in [-0.15, -0.1) is 10.2 Å². The van der Waals surface area contributed by atoms with Crippen LogP contribution in [0.15, 0.2) is 0 Å². The van der Waals surface area contributed by atoms with E-state index >= 15 is 0 Å². The monoisotopic (exact) mass is 243 g/mol. The van der Waals surface area contributed by atoms with E-state index in [0.29, 0.717) is 6.04 Å². The van der Waals surface area contributed by atoms with Gasteiger partial charge in [0.2, 0.25) is 5.13 Å². The quantitative estimate of drug-likeness (QED) is 0.882. The molecule has 1 aromatic heterocycles. The second-order valence-electron chi connectivity index (χ2n) is 3.80. The Labute approximate surface area is 99.1 Å². The lowest BCUT2D eigenvalue weighted by Crippen LogP contribution is -2.26. The predicted molar refractivity (Wildman–Crippen MR) is 67.8 cm³/mol. The van der Waals surface area contributed by atoms with Crippen LogP contribution in [0.1, 0.15) is 31.2 Å². The molecule has 0 radical (unpaired) electrons. The van der Waals surface area contributed by atoms with Crippen LogP contribution in [-0.4, -0.2) is 27.2 Å². The lowest BCUT2D eigenvalue weighted by atomic mass is 10.2. The Balaban J connectivity index is 1.93. The van der Waals surface area contributed by atoms with Crippen molar-refractivity contribution in [2.75, 3.05) is 11.1 Å². The van der Waals surface area contributed by atoms with Gasteiger partial charge < -0.3 is 5.32 Å². The minimum atomic E-state index is 0.599. The van der Waals surface area contributed by atoms with Crippen LogP contribution in [0, 0.1) is 6.92 Å². The normalized spacial score (nSPS) is 25.7.